The molecule has 0 unspecified atom stereocenters. The number of hydrogen-bond acceptors (Lipinski definition) is 3. The van der Waals surface area contributed by atoms with Crippen LogP contribution in [0, 0.1) is 13.8 Å². The van der Waals surface area contributed by atoms with Crippen LogP contribution in [0.4, 0.5) is 0 Å². The van der Waals surface area contributed by atoms with Crippen molar-refractivity contribution in [3.05, 3.63) is 64.7 Å². The number of carbonyl (C=O) groups is 1. The first kappa shape index (κ1) is 13.7. The van der Waals surface area contributed by atoms with Crippen LogP contribution >= 0.6 is 11.8 Å². The largest absolute Gasteiger partial charge is 0.545 e. The van der Waals surface area contributed by atoms with E-state index in [1.807, 2.05) is 6.07 Å². The number of carboxylic acid groups (broad SMARTS) is 1. The summed E-state index contributed by atoms with van der Waals surface area (Å²) in [5, 5.41) is 10.8. The van der Waals surface area contributed by atoms with Gasteiger partial charge in [0.25, 0.3) is 0 Å². The average Bonchev–Trinajstić information content (AvgIpc) is 2.38. The number of carbonyl (C=O) groups excluding carboxylic acids is 1. The lowest BCUT2D eigenvalue weighted by Gasteiger charge is -2.08. The lowest BCUT2D eigenvalue weighted by Crippen LogP contribution is -2.22. The summed E-state index contributed by atoms with van der Waals surface area (Å²) in [6.45, 7) is 4.16. The zero-order valence-electron chi connectivity index (χ0n) is 11.0. The Morgan fingerprint density at radius 3 is 2.63 bits per heavy atom. The highest BCUT2D eigenvalue weighted by atomic mass is 32.2. The minimum atomic E-state index is -1.13. The molecule has 2 nitrogen and oxygen atoms in total. The van der Waals surface area contributed by atoms with Crippen LogP contribution in [0.5, 0.6) is 0 Å². The number of rotatable bonds is 4. The third-order valence-corrected chi connectivity index (χ3v) is 4.13. The molecule has 0 radical (unpaired) electrons. The zero-order chi connectivity index (χ0) is 13.8. The topological polar surface area (TPSA) is 40.1 Å². The summed E-state index contributed by atoms with van der Waals surface area (Å²) < 4.78 is 0. The molecule has 0 saturated heterocycles. The molecule has 2 rings (SSSR count). The molecule has 2 aromatic carbocycles. The molecule has 0 amide bonds. The van der Waals surface area contributed by atoms with E-state index in [0.717, 1.165) is 11.3 Å². The van der Waals surface area contributed by atoms with Crippen molar-refractivity contribution in [3.63, 3.8) is 0 Å². The summed E-state index contributed by atoms with van der Waals surface area (Å²) in [5.74, 6) is -0.372. The smallest absolute Gasteiger partial charge is 0.0715 e. The summed E-state index contributed by atoms with van der Waals surface area (Å²) in [6, 6.07) is 13.3. The molecular formula is C16H15O2S-. The van der Waals surface area contributed by atoms with E-state index in [4.69, 9.17) is 0 Å². The van der Waals surface area contributed by atoms with E-state index in [-0.39, 0.29) is 5.56 Å². The molecule has 0 aliphatic carbocycles. The molecule has 0 fully saturated rings. The second kappa shape index (κ2) is 5.93. The summed E-state index contributed by atoms with van der Waals surface area (Å²) in [4.78, 5) is 12.0. The second-order valence-electron chi connectivity index (χ2n) is 4.55. The maximum atomic E-state index is 10.8. The number of benzene rings is 2. The first-order valence-electron chi connectivity index (χ1n) is 6.06. The van der Waals surface area contributed by atoms with Crippen LogP contribution in [-0.4, -0.2) is 5.97 Å². The predicted octanol–water partition coefficient (Wildman–Crippen LogP) is 2.96. The van der Waals surface area contributed by atoms with Crippen molar-refractivity contribution in [2.75, 3.05) is 0 Å². The fourth-order valence-corrected chi connectivity index (χ4v) is 2.86. The van der Waals surface area contributed by atoms with Crippen molar-refractivity contribution in [2.45, 2.75) is 24.5 Å². The molecule has 0 atom stereocenters. The number of thioether (sulfide) groups is 1. The minimum absolute atomic E-state index is 0.235. The molecule has 0 saturated carbocycles. The summed E-state index contributed by atoms with van der Waals surface area (Å²) in [5.41, 5.74) is 3.73. The normalized spacial score (nSPS) is 10.4. The molecule has 98 valence electrons. The highest BCUT2D eigenvalue weighted by molar-refractivity contribution is 7.98. The number of hydrogen-bond donors (Lipinski definition) is 0. The quantitative estimate of drug-likeness (QED) is 0.803. The van der Waals surface area contributed by atoms with Gasteiger partial charge in [0, 0.05) is 10.6 Å². The van der Waals surface area contributed by atoms with Gasteiger partial charge in [0.2, 0.25) is 0 Å². The molecule has 3 heteroatoms. The predicted molar refractivity (Wildman–Crippen MR) is 76.2 cm³/mol. The van der Waals surface area contributed by atoms with E-state index < -0.39 is 5.97 Å². The van der Waals surface area contributed by atoms with Crippen LogP contribution in [0.2, 0.25) is 0 Å². The molecule has 0 aromatic heterocycles. The molecule has 19 heavy (non-hydrogen) atoms. The van der Waals surface area contributed by atoms with Gasteiger partial charge in [0.05, 0.1) is 5.97 Å². The Balaban J connectivity index is 2.10. The monoisotopic (exact) mass is 271 g/mol. The number of aryl methyl sites for hydroxylation is 2. The standard InChI is InChI=1S/C16H16O2S/c1-11-6-7-15(12(2)8-11)19-10-13-4-3-5-14(9-13)16(17)18/h3-9H,10H2,1-2H3,(H,17,18)/p-1. The van der Waals surface area contributed by atoms with Crippen LogP contribution in [0.15, 0.2) is 47.4 Å². The van der Waals surface area contributed by atoms with Gasteiger partial charge in [-0.1, -0.05) is 35.9 Å². The van der Waals surface area contributed by atoms with Crippen molar-refractivity contribution < 1.29 is 9.90 Å². The molecule has 0 aliphatic heterocycles. The maximum absolute atomic E-state index is 10.8. The molecule has 0 N–H and O–H groups in total. The van der Waals surface area contributed by atoms with Gasteiger partial charge >= 0.3 is 0 Å². The van der Waals surface area contributed by atoms with Gasteiger partial charge in [-0.25, -0.2) is 0 Å². The highest BCUT2D eigenvalue weighted by Gasteiger charge is 2.02. The Morgan fingerprint density at radius 2 is 1.95 bits per heavy atom. The van der Waals surface area contributed by atoms with Crippen molar-refractivity contribution in [1.29, 1.82) is 0 Å². The number of aromatic carboxylic acids is 1. The Kier molecular flexibility index (Phi) is 4.27. The van der Waals surface area contributed by atoms with Crippen LogP contribution in [-0.2, 0) is 5.75 Å². The Morgan fingerprint density at radius 1 is 1.16 bits per heavy atom. The van der Waals surface area contributed by atoms with Crippen LogP contribution in [0.1, 0.15) is 27.0 Å². The van der Waals surface area contributed by atoms with Crippen LogP contribution in [0.3, 0.4) is 0 Å². The molecule has 2 aromatic rings. The van der Waals surface area contributed by atoms with Gasteiger partial charge in [-0.2, -0.15) is 0 Å². The van der Waals surface area contributed by atoms with Crippen LogP contribution in [0.25, 0.3) is 0 Å². The van der Waals surface area contributed by atoms with Crippen molar-refractivity contribution in [1.82, 2.24) is 0 Å². The van der Waals surface area contributed by atoms with Crippen molar-refractivity contribution in [2.24, 2.45) is 0 Å². The average molecular weight is 271 g/mol. The lowest BCUT2D eigenvalue weighted by atomic mass is 10.1. The van der Waals surface area contributed by atoms with Gasteiger partial charge in [0.15, 0.2) is 0 Å². The fourth-order valence-electron chi connectivity index (χ4n) is 1.91. The van der Waals surface area contributed by atoms with Crippen LogP contribution < -0.4 is 5.11 Å². The van der Waals surface area contributed by atoms with Gasteiger partial charge in [-0.15, -0.1) is 11.8 Å². The van der Waals surface area contributed by atoms with Crippen molar-refractivity contribution in [3.8, 4) is 0 Å². The third-order valence-electron chi connectivity index (χ3n) is 2.89. The molecule has 0 spiro atoms. The third kappa shape index (κ3) is 3.61. The summed E-state index contributed by atoms with van der Waals surface area (Å²) >= 11 is 1.72. The van der Waals surface area contributed by atoms with Crippen molar-refractivity contribution >= 4 is 17.7 Å². The number of carboxylic acids is 1. The second-order valence-corrected chi connectivity index (χ2v) is 5.56. The summed E-state index contributed by atoms with van der Waals surface area (Å²) in [7, 11) is 0. The first-order chi connectivity index (χ1) is 9.06. The highest BCUT2D eigenvalue weighted by Crippen LogP contribution is 2.26. The van der Waals surface area contributed by atoms with E-state index in [1.54, 1.807) is 30.0 Å². The van der Waals surface area contributed by atoms with E-state index in [1.165, 1.54) is 16.0 Å². The Hall–Kier alpha value is -1.74. The fraction of sp³-hybridized carbons (Fsp3) is 0.188. The zero-order valence-corrected chi connectivity index (χ0v) is 11.8. The Bertz CT molecular complexity index is 605. The van der Waals surface area contributed by atoms with E-state index in [0.29, 0.717) is 0 Å². The molecule has 0 heterocycles. The maximum Gasteiger partial charge on any atom is 0.0715 e. The van der Waals surface area contributed by atoms with Gasteiger partial charge in [-0.3, -0.25) is 0 Å². The Labute approximate surface area is 117 Å². The molecular weight excluding hydrogens is 256 g/mol. The van der Waals surface area contributed by atoms with E-state index in [2.05, 4.69) is 32.0 Å². The van der Waals surface area contributed by atoms with Gasteiger partial charge < -0.3 is 9.90 Å². The molecule has 0 aliphatic rings. The van der Waals surface area contributed by atoms with E-state index >= 15 is 0 Å². The lowest BCUT2D eigenvalue weighted by molar-refractivity contribution is -0.255. The SMILES string of the molecule is Cc1ccc(SCc2cccc(C(=O)[O-])c2)c(C)c1. The van der Waals surface area contributed by atoms with E-state index in [9.17, 15) is 9.90 Å². The molecule has 0 bridgehead atoms. The minimum Gasteiger partial charge on any atom is -0.545 e. The first-order valence-corrected chi connectivity index (χ1v) is 7.05. The van der Waals surface area contributed by atoms with Gasteiger partial charge in [0.1, 0.15) is 0 Å². The summed E-state index contributed by atoms with van der Waals surface area (Å²) in [6.07, 6.45) is 0. The van der Waals surface area contributed by atoms with Gasteiger partial charge in [-0.05, 0) is 42.7 Å².